The molecule has 0 aliphatic carbocycles. The van der Waals surface area contributed by atoms with E-state index in [-0.39, 0.29) is 12.5 Å². The van der Waals surface area contributed by atoms with Crippen molar-refractivity contribution < 1.29 is 19.4 Å². The largest absolute Gasteiger partial charge is 0.496 e. The number of methoxy groups -OCH3 is 2. The lowest BCUT2D eigenvalue weighted by molar-refractivity contribution is -0.138. The smallest absolute Gasteiger partial charge is 0.305 e. The lowest BCUT2D eigenvalue weighted by Crippen LogP contribution is -2.23. The van der Waals surface area contributed by atoms with E-state index in [0.717, 1.165) is 16.9 Å². The van der Waals surface area contributed by atoms with Crippen molar-refractivity contribution in [2.24, 2.45) is 0 Å². The van der Waals surface area contributed by atoms with Gasteiger partial charge in [0, 0.05) is 11.6 Å². The molecule has 0 heterocycles. The van der Waals surface area contributed by atoms with Crippen molar-refractivity contribution in [2.45, 2.75) is 19.4 Å². The normalized spacial score (nSPS) is 12.3. The van der Waals surface area contributed by atoms with E-state index in [4.69, 9.17) is 14.6 Å². The SMILES string of the molecule is COc1cc(C(CC(=O)O)N(C)C)c(OC)cc1C. The number of nitrogens with zero attached hydrogens (tertiary/aromatic N) is 1. The van der Waals surface area contributed by atoms with E-state index < -0.39 is 5.97 Å². The van der Waals surface area contributed by atoms with Crippen LogP contribution in [0.4, 0.5) is 0 Å². The van der Waals surface area contributed by atoms with Gasteiger partial charge < -0.3 is 19.5 Å². The van der Waals surface area contributed by atoms with Crippen LogP contribution >= 0.6 is 0 Å². The Kier molecular flexibility index (Phi) is 5.18. The van der Waals surface area contributed by atoms with Crippen LogP contribution in [0.25, 0.3) is 0 Å². The zero-order chi connectivity index (χ0) is 14.6. The highest BCUT2D eigenvalue weighted by molar-refractivity contribution is 5.68. The summed E-state index contributed by atoms with van der Waals surface area (Å²) in [5.41, 5.74) is 1.77. The highest BCUT2D eigenvalue weighted by Gasteiger charge is 2.23. The van der Waals surface area contributed by atoms with Gasteiger partial charge in [-0.05, 0) is 38.7 Å². The van der Waals surface area contributed by atoms with Crippen molar-refractivity contribution in [3.8, 4) is 11.5 Å². The Bertz CT molecular complexity index is 457. The molecule has 0 radical (unpaired) electrons. The lowest BCUT2D eigenvalue weighted by atomic mass is 9.99. The topological polar surface area (TPSA) is 59.0 Å². The molecule has 0 saturated carbocycles. The number of ether oxygens (including phenoxy) is 2. The summed E-state index contributed by atoms with van der Waals surface area (Å²) in [6.45, 7) is 1.92. The molecule has 0 fully saturated rings. The third kappa shape index (κ3) is 3.61. The van der Waals surface area contributed by atoms with Gasteiger partial charge in [0.25, 0.3) is 0 Å². The highest BCUT2D eigenvalue weighted by Crippen LogP contribution is 2.35. The van der Waals surface area contributed by atoms with Crippen molar-refractivity contribution in [3.05, 3.63) is 23.3 Å². The Morgan fingerprint density at radius 2 is 1.84 bits per heavy atom. The first-order valence-electron chi connectivity index (χ1n) is 6.01. The molecule has 0 saturated heterocycles. The van der Waals surface area contributed by atoms with Crippen LogP contribution in [0.1, 0.15) is 23.6 Å². The molecule has 19 heavy (non-hydrogen) atoms. The number of aryl methyl sites for hydroxylation is 1. The summed E-state index contributed by atoms with van der Waals surface area (Å²) in [7, 11) is 6.87. The van der Waals surface area contributed by atoms with E-state index in [1.807, 2.05) is 38.1 Å². The second-order valence-electron chi connectivity index (χ2n) is 4.64. The van der Waals surface area contributed by atoms with E-state index in [2.05, 4.69) is 0 Å². The van der Waals surface area contributed by atoms with Crippen molar-refractivity contribution in [3.63, 3.8) is 0 Å². The molecule has 0 spiro atoms. The molecule has 0 aromatic heterocycles. The summed E-state index contributed by atoms with van der Waals surface area (Å²) >= 11 is 0. The molecular formula is C14H21NO4. The maximum Gasteiger partial charge on any atom is 0.305 e. The van der Waals surface area contributed by atoms with Crippen LogP contribution < -0.4 is 9.47 Å². The van der Waals surface area contributed by atoms with Crippen LogP contribution in [0, 0.1) is 6.92 Å². The summed E-state index contributed by atoms with van der Waals surface area (Å²) in [6, 6.07) is 3.45. The lowest BCUT2D eigenvalue weighted by Gasteiger charge is -2.25. The fourth-order valence-electron chi connectivity index (χ4n) is 2.07. The number of carboxylic acid groups (broad SMARTS) is 1. The van der Waals surface area contributed by atoms with Gasteiger partial charge in [0.1, 0.15) is 11.5 Å². The fraction of sp³-hybridized carbons (Fsp3) is 0.500. The van der Waals surface area contributed by atoms with Gasteiger partial charge in [0.15, 0.2) is 0 Å². The Hall–Kier alpha value is -1.75. The summed E-state index contributed by atoms with van der Waals surface area (Å²) < 4.78 is 10.7. The molecule has 0 bridgehead atoms. The van der Waals surface area contributed by atoms with Gasteiger partial charge >= 0.3 is 5.97 Å². The number of carboxylic acids is 1. The third-order valence-corrected chi connectivity index (χ3v) is 3.10. The molecule has 5 heteroatoms. The first-order chi connectivity index (χ1) is 8.90. The minimum atomic E-state index is -0.847. The molecule has 5 nitrogen and oxygen atoms in total. The van der Waals surface area contributed by atoms with Gasteiger partial charge in [0.05, 0.1) is 20.6 Å². The molecule has 1 atom stereocenters. The van der Waals surface area contributed by atoms with E-state index in [9.17, 15) is 4.79 Å². The van der Waals surface area contributed by atoms with Crippen LogP contribution in [0.3, 0.4) is 0 Å². The average Bonchev–Trinajstić information content (AvgIpc) is 2.35. The van der Waals surface area contributed by atoms with E-state index >= 15 is 0 Å². The Morgan fingerprint density at radius 3 is 2.26 bits per heavy atom. The molecule has 0 amide bonds. The second-order valence-corrected chi connectivity index (χ2v) is 4.64. The molecule has 0 aliphatic heterocycles. The zero-order valence-corrected chi connectivity index (χ0v) is 12.1. The van der Waals surface area contributed by atoms with Gasteiger partial charge in [0.2, 0.25) is 0 Å². The van der Waals surface area contributed by atoms with Crippen LogP contribution in [0.2, 0.25) is 0 Å². The third-order valence-electron chi connectivity index (χ3n) is 3.10. The van der Waals surface area contributed by atoms with E-state index in [1.165, 1.54) is 0 Å². The molecule has 1 aromatic rings. The predicted octanol–water partition coefficient (Wildman–Crippen LogP) is 2.09. The van der Waals surface area contributed by atoms with Crippen LogP contribution in [0.5, 0.6) is 11.5 Å². The van der Waals surface area contributed by atoms with E-state index in [0.29, 0.717) is 5.75 Å². The summed E-state index contributed by atoms with van der Waals surface area (Å²) in [5, 5.41) is 9.04. The first kappa shape index (κ1) is 15.3. The molecule has 1 unspecified atom stereocenters. The summed E-state index contributed by atoms with van der Waals surface area (Å²) in [4.78, 5) is 12.9. The van der Waals surface area contributed by atoms with Gasteiger partial charge in [-0.25, -0.2) is 0 Å². The fourth-order valence-corrected chi connectivity index (χ4v) is 2.07. The maximum atomic E-state index is 11.0. The zero-order valence-electron chi connectivity index (χ0n) is 12.1. The van der Waals surface area contributed by atoms with Crippen LogP contribution in [-0.4, -0.2) is 44.3 Å². The number of aliphatic carboxylic acids is 1. The summed E-state index contributed by atoms with van der Waals surface area (Å²) in [5.74, 6) is 0.562. The van der Waals surface area contributed by atoms with Gasteiger partial charge in [-0.3, -0.25) is 4.79 Å². The van der Waals surface area contributed by atoms with Gasteiger partial charge in [-0.15, -0.1) is 0 Å². The minimum Gasteiger partial charge on any atom is -0.496 e. The Labute approximate surface area is 113 Å². The number of benzene rings is 1. The number of rotatable bonds is 6. The van der Waals surface area contributed by atoms with Crippen molar-refractivity contribution in [2.75, 3.05) is 28.3 Å². The number of carbonyl (C=O) groups is 1. The van der Waals surface area contributed by atoms with Gasteiger partial charge in [-0.2, -0.15) is 0 Å². The van der Waals surface area contributed by atoms with Crippen LogP contribution in [0.15, 0.2) is 12.1 Å². The standard InChI is InChI=1S/C14H21NO4/c1-9-6-13(19-5)10(7-12(9)18-4)11(15(2)3)8-14(16)17/h6-7,11H,8H2,1-5H3,(H,16,17). The Balaban J connectivity index is 3.30. The number of hydrogen-bond acceptors (Lipinski definition) is 4. The molecule has 0 aliphatic rings. The summed E-state index contributed by atoms with van der Waals surface area (Å²) in [6.07, 6.45) is 0.00950. The number of hydrogen-bond donors (Lipinski definition) is 1. The monoisotopic (exact) mass is 267 g/mol. The predicted molar refractivity (Wildman–Crippen MR) is 73.0 cm³/mol. The molecule has 1 N–H and O–H groups in total. The average molecular weight is 267 g/mol. The molecule has 106 valence electrons. The highest BCUT2D eigenvalue weighted by atomic mass is 16.5. The molecular weight excluding hydrogens is 246 g/mol. The first-order valence-corrected chi connectivity index (χ1v) is 6.01. The Morgan fingerprint density at radius 1 is 1.26 bits per heavy atom. The molecule has 1 rings (SSSR count). The van der Waals surface area contributed by atoms with Crippen molar-refractivity contribution in [1.29, 1.82) is 0 Å². The van der Waals surface area contributed by atoms with Crippen molar-refractivity contribution in [1.82, 2.24) is 4.90 Å². The second kappa shape index (κ2) is 6.43. The van der Waals surface area contributed by atoms with E-state index in [1.54, 1.807) is 14.2 Å². The minimum absolute atomic E-state index is 0.00950. The molecule has 1 aromatic carbocycles. The maximum absolute atomic E-state index is 11.0. The van der Waals surface area contributed by atoms with Crippen LogP contribution in [-0.2, 0) is 4.79 Å². The van der Waals surface area contributed by atoms with Gasteiger partial charge in [-0.1, -0.05) is 0 Å². The quantitative estimate of drug-likeness (QED) is 0.855. The van der Waals surface area contributed by atoms with Crippen molar-refractivity contribution >= 4 is 5.97 Å².